The van der Waals surface area contributed by atoms with Crippen LogP contribution >= 0.6 is 0 Å². The lowest BCUT2D eigenvalue weighted by molar-refractivity contribution is 0.0696. The van der Waals surface area contributed by atoms with Gasteiger partial charge in [-0.1, -0.05) is 24.3 Å². The number of carboxylic acid groups (broad SMARTS) is 1. The van der Waals surface area contributed by atoms with E-state index in [2.05, 4.69) is 4.72 Å². The summed E-state index contributed by atoms with van der Waals surface area (Å²) < 4.78 is 46.6. The molecule has 0 spiro atoms. The molecule has 0 fully saturated rings. The van der Waals surface area contributed by atoms with Gasteiger partial charge in [0, 0.05) is 6.54 Å². The molecule has 168 valence electrons. The normalized spacial score (nSPS) is 11.3. The van der Waals surface area contributed by atoms with Crippen LogP contribution in [0.4, 0.5) is 4.39 Å². The lowest BCUT2D eigenvalue weighted by Gasteiger charge is -2.10. The van der Waals surface area contributed by atoms with E-state index in [-0.39, 0.29) is 29.4 Å². The van der Waals surface area contributed by atoms with E-state index < -0.39 is 16.0 Å². The minimum Gasteiger partial charge on any atom is -0.489 e. The van der Waals surface area contributed by atoms with Gasteiger partial charge in [-0.25, -0.2) is 22.3 Å². The van der Waals surface area contributed by atoms with Crippen molar-refractivity contribution in [2.75, 3.05) is 6.54 Å². The van der Waals surface area contributed by atoms with Gasteiger partial charge in [-0.15, -0.1) is 0 Å². The number of nitrogens with one attached hydrogen (secondary N) is 1. The zero-order chi connectivity index (χ0) is 23.3. The zero-order valence-electron chi connectivity index (χ0n) is 17.8. The SMILES string of the molecule is Cc1cc(F)cc(COc2ccc(CCNS(=O)(=O)c3ccc(C)c(C(=O)O)c3)cc2)c1. The molecule has 3 rings (SSSR count). The number of rotatable bonds is 9. The Morgan fingerprint density at radius 3 is 2.38 bits per heavy atom. The van der Waals surface area contributed by atoms with Crippen molar-refractivity contribution in [3.05, 3.63) is 94.3 Å². The van der Waals surface area contributed by atoms with E-state index in [1.54, 1.807) is 19.1 Å². The number of aromatic carboxylic acids is 1. The Bertz CT molecular complexity index is 1200. The number of carbonyl (C=O) groups is 1. The Labute approximate surface area is 186 Å². The van der Waals surface area contributed by atoms with Crippen molar-refractivity contribution in [1.29, 1.82) is 0 Å². The summed E-state index contributed by atoms with van der Waals surface area (Å²) in [5, 5.41) is 9.19. The average molecular weight is 458 g/mol. The molecule has 0 saturated carbocycles. The first-order valence-corrected chi connectivity index (χ1v) is 11.4. The molecule has 0 heterocycles. The molecule has 0 unspecified atom stereocenters. The molecule has 32 heavy (non-hydrogen) atoms. The molecule has 0 radical (unpaired) electrons. The molecule has 0 aliphatic carbocycles. The Morgan fingerprint density at radius 1 is 1.00 bits per heavy atom. The number of carboxylic acids is 1. The Kier molecular flexibility index (Phi) is 7.27. The predicted octanol–water partition coefficient (Wildman–Crippen LogP) is 4.24. The number of benzene rings is 3. The van der Waals surface area contributed by atoms with Gasteiger partial charge in [0.25, 0.3) is 0 Å². The van der Waals surface area contributed by atoms with E-state index in [9.17, 15) is 22.7 Å². The second-order valence-corrected chi connectivity index (χ2v) is 9.27. The van der Waals surface area contributed by atoms with Crippen LogP contribution in [0.3, 0.4) is 0 Å². The molecule has 2 N–H and O–H groups in total. The van der Waals surface area contributed by atoms with Gasteiger partial charge in [0.05, 0.1) is 10.5 Å². The van der Waals surface area contributed by atoms with Crippen molar-refractivity contribution in [1.82, 2.24) is 4.72 Å². The minimum absolute atomic E-state index is 0.0446. The number of halogens is 1. The highest BCUT2D eigenvalue weighted by Crippen LogP contribution is 2.17. The molecule has 3 aromatic rings. The molecule has 6 nitrogen and oxygen atoms in total. The molecule has 3 aromatic carbocycles. The van der Waals surface area contributed by atoms with Crippen molar-refractivity contribution in [2.45, 2.75) is 31.8 Å². The summed E-state index contributed by atoms with van der Waals surface area (Å²) in [6.45, 7) is 3.83. The van der Waals surface area contributed by atoms with Gasteiger partial charge in [0.2, 0.25) is 10.0 Å². The first kappa shape index (κ1) is 23.4. The summed E-state index contributed by atoms with van der Waals surface area (Å²) in [5.74, 6) is -0.849. The smallest absolute Gasteiger partial charge is 0.335 e. The number of hydrogen-bond acceptors (Lipinski definition) is 4. The number of sulfonamides is 1. The second-order valence-electron chi connectivity index (χ2n) is 7.50. The van der Waals surface area contributed by atoms with Gasteiger partial charge >= 0.3 is 5.97 Å². The molecule has 0 aliphatic heterocycles. The lowest BCUT2D eigenvalue weighted by Crippen LogP contribution is -2.26. The number of aryl methyl sites for hydroxylation is 2. The topological polar surface area (TPSA) is 92.7 Å². The maximum absolute atomic E-state index is 13.5. The maximum atomic E-state index is 13.5. The first-order valence-electron chi connectivity index (χ1n) is 9.95. The quantitative estimate of drug-likeness (QED) is 0.501. The van der Waals surface area contributed by atoms with Gasteiger partial charge in [0.1, 0.15) is 18.2 Å². The van der Waals surface area contributed by atoms with Gasteiger partial charge in [0.15, 0.2) is 0 Å². The van der Waals surface area contributed by atoms with Gasteiger partial charge in [-0.2, -0.15) is 0 Å². The van der Waals surface area contributed by atoms with E-state index in [0.717, 1.165) is 22.8 Å². The lowest BCUT2D eigenvalue weighted by atomic mass is 10.1. The van der Waals surface area contributed by atoms with Crippen LogP contribution in [0.1, 0.15) is 32.6 Å². The van der Waals surface area contributed by atoms with Gasteiger partial charge < -0.3 is 9.84 Å². The summed E-state index contributed by atoms with van der Waals surface area (Å²) in [6.07, 6.45) is 0.445. The van der Waals surface area contributed by atoms with Crippen molar-refractivity contribution in [2.24, 2.45) is 0 Å². The molecule has 0 aromatic heterocycles. The Balaban J connectivity index is 1.55. The second kappa shape index (κ2) is 9.93. The van der Waals surface area contributed by atoms with E-state index in [0.29, 0.717) is 17.7 Å². The van der Waals surface area contributed by atoms with Crippen LogP contribution in [-0.2, 0) is 23.1 Å². The third-order valence-corrected chi connectivity index (χ3v) is 6.34. The molecule has 0 saturated heterocycles. The number of hydrogen-bond donors (Lipinski definition) is 2. The predicted molar refractivity (Wildman–Crippen MR) is 119 cm³/mol. The van der Waals surface area contributed by atoms with Crippen LogP contribution in [-0.4, -0.2) is 26.0 Å². The molecular weight excluding hydrogens is 433 g/mol. The molecule has 0 bridgehead atoms. The number of ether oxygens (including phenoxy) is 1. The highest BCUT2D eigenvalue weighted by atomic mass is 32.2. The van der Waals surface area contributed by atoms with E-state index in [4.69, 9.17) is 4.74 Å². The van der Waals surface area contributed by atoms with Crippen molar-refractivity contribution >= 4 is 16.0 Å². The van der Waals surface area contributed by atoms with Crippen LogP contribution in [0.2, 0.25) is 0 Å². The van der Waals surface area contributed by atoms with Crippen LogP contribution in [0, 0.1) is 19.7 Å². The first-order chi connectivity index (χ1) is 15.1. The Morgan fingerprint density at radius 2 is 1.72 bits per heavy atom. The summed E-state index contributed by atoms with van der Waals surface area (Å²) in [7, 11) is -3.83. The fraction of sp³-hybridized carbons (Fsp3) is 0.208. The largest absolute Gasteiger partial charge is 0.489 e. The maximum Gasteiger partial charge on any atom is 0.335 e. The van der Waals surface area contributed by atoms with Crippen molar-refractivity contribution in [3.63, 3.8) is 0 Å². The van der Waals surface area contributed by atoms with E-state index in [1.165, 1.54) is 24.3 Å². The van der Waals surface area contributed by atoms with Crippen LogP contribution in [0.15, 0.2) is 65.6 Å². The van der Waals surface area contributed by atoms with Gasteiger partial charge in [-0.05, 0) is 78.9 Å². The Hall–Kier alpha value is -3.23. The van der Waals surface area contributed by atoms with Crippen molar-refractivity contribution in [3.8, 4) is 5.75 Å². The third-order valence-electron chi connectivity index (χ3n) is 4.89. The van der Waals surface area contributed by atoms with E-state index in [1.807, 2.05) is 25.1 Å². The van der Waals surface area contributed by atoms with Crippen LogP contribution in [0.25, 0.3) is 0 Å². The van der Waals surface area contributed by atoms with E-state index >= 15 is 0 Å². The molecule has 0 amide bonds. The van der Waals surface area contributed by atoms with Gasteiger partial charge in [-0.3, -0.25) is 0 Å². The van der Waals surface area contributed by atoms with Crippen molar-refractivity contribution < 1.29 is 27.4 Å². The summed E-state index contributed by atoms with van der Waals surface area (Å²) in [5.41, 5.74) is 2.91. The molecule has 8 heteroatoms. The highest BCUT2D eigenvalue weighted by Gasteiger charge is 2.17. The standard InChI is InChI=1S/C24H24FNO5S/c1-16-11-19(13-20(25)12-16)15-31-21-6-4-18(5-7-21)9-10-26-32(29,30)22-8-3-17(2)23(14-22)24(27)28/h3-8,11-14,26H,9-10,15H2,1-2H3,(H,27,28). The average Bonchev–Trinajstić information content (AvgIpc) is 2.72. The molecular formula is C24H24FNO5S. The third kappa shape index (κ3) is 6.15. The monoisotopic (exact) mass is 457 g/mol. The molecule has 0 atom stereocenters. The van der Waals surface area contributed by atoms with Crippen LogP contribution < -0.4 is 9.46 Å². The zero-order valence-corrected chi connectivity index (χ0v) is 18.6. The summed E-state index contributed by atoms with van der Waals surface area (Å²) in [6, 6.07) is 16.0. The highest BCUT2D eigenvalue weighted by molar-refractivity contribution is 7.89. The summed E-state index contributed by atoms with van der Waals surface area (Å²) >= 11 is 0. The van der Waals surface area contributed by atoms with Crippen LogP contribution in [0.5, 0.6) is 5.75 Å². The summed E-state index contributed by atoms with van der Waals surface area (Å²) in [4.78, 5) is 11.2. The minimum atomic E-state index is -3.83. The molecule has 0 aliphatic rings. The fourth-order valence-corrected chi connectivity index (χ4v) is 4.28. The fourth-order valence-electron chi connectivity index (χ4n) is 3.23.